The van der Waals surface area contributed by atoms with E-state index in [1.165, 1.54) is 11.1 Å². The number of anilines is 1. The molecule has 0 fully saturated rings. The summed E-state index contributed by atoms with van der Waals surface area (Å²) in [5.41, 5.74) is 3.28. The highest BCUT2D eigenvalue weighted by molar-refractivity contribution is 5.89. The Morgan fingerprint density at radius 3 is 2.06 bits per heavy atom. The molecular weight excluding hydrogens is 224 g/mol. The molecule has 0 aliphatic carbocycles. The Bertz CT molecular complexity index is 417. The highest BCUT2D eigenvalue weighted by atomic mass is 16.2. The predicted molar refractivity (Wildman–Crippen MR) is 77.0 cm³/mol. The first-order chi connectivity index (χ1) is 8.32. The molecule has 2 amide bonds. The molecular formula is C15H24N2O. The Morgan fingerprint density at radius 2 is 1.61 bits per heavy atom. The molecule has 1 rings (SSSR count). The second-order valence-electron chi connectivity index (χ2n) is 5.32. The molecule has 0 saturated carbocycles. The van der Waals surface area contributed by atoms with Crippen LogP contribution in [0, 0.1) is 13.8 Å². The van der Waals surface area contributed by atoms with E-state index in [4.69, 9.17) is 0 Å². The van der Waals surface area contributed by atoms with Crippen LogP contribution in [0.4, 0.5) is 10.5 Å². The molecule has 100 valence electrons. The van der Waals surface area contributed by atoms with Crippen LogP contribution in [0.3, 0.4) is 0 Å². The fourth-order valence-corrected chi connectivity index (χ4v) is 2.07. The largest absolute Gasteiger partial charge is 0.322 e. The number of hydrogen-bond donors (Lipinski definition) is 1. The molecule has 1 N–H and O–H groups in total. The van der Waals surface area contributed by atoms with Gasteiger partial charge in [-0.15, -0.1) is 0 Å². The maximum Gasteiger partial charge on any atom is 0.322 e. The van der Waals surface area contributed by atoms with Crippen LogP contribution >= 0.6 is 0 Å². The Balaban J connectivity index is 2.82. The first-order valence-electron chi connectivity index (χ1n) is 6.49. The molecule has 0 atom stereocenters. The maximum absolute atomic E-state index is 12.2. The highest BCUT2D eigenvalue weighted by Gasteiger charge is 2.19. The molecule has 1 aromatic rings. The van der Waals surface area contributed by atoms with Crippen LogP contribution in [0.15, 0.2) is 18.2 Å². The van der Waals surface area contributed by atoms with E-state index in [1.54, 1.807) is 0 Å². The van der Waals surface area contributed by atoms with E-state index in [-0.39, 0.29) is 18.1 Å². The number of rotatable bonds is 3. The summed E-state index contributed by atoms with van der Waals surface area (Å²) in [5.74, 6) is 0. The van der Waals surface area contributed by atoms with Gasteiger partial charge in [0.1, 0.15) is 0 Å². The van der Waals surface area contributed by atoms with E-state index in [9.17, 15) is 4.79 Å². The summed E-state index contributed by atoms with van der Waals surface area (Å²) in [5, 5.41) is 2.96. The van der Waals surface area contributed by atoms with Gasteiger partial charge in [0.25, 0.3) is 0 Å². The minimum Gasteiger partial charge on any atom is -0.320 e. The topological polar surface area (TPSA) is 32.3 Å². The zero-order valence-electron chi connectivity index (χ0n) is 12.2. The van der Waals surface area contributed by atoms with Crippen molar-refractivity contribution in [2.24, 2.45) is 0 Å². The molecule has 0 aliphatic rings. The standard InChI is InChI=1S/C15H24N2O/c1-10(2)17(11(3)4)15(18)16-14-8-7-12(5)13(6)9-14/h7-11H,1-6H3,(H,16,18). The van der Waals surface area contributed by atoms with E-state index in [1.807, 2.05) is 57.7 Å². The monoisotopic (exact) mass is 248 g/mol. The van der Waals surface area contributed by atoms with Crippen molar-refractivity contribution in [3.63, 3.8) is 0 Å². The SMILES string of the molecule is Cc1ccc(NC(=O)N(C(C)C)C(C)C)cc1C. The van der Waals surface area contributed by atoms with Crippen molar-refractivity contribution < 1.29 is 4.79 Å². The molecule has 0 unspecified atom stereocenters. The molecule has 3 heteroatoms. The number of aryl methyl sites for hydroxylation is 2. The van der Waals surface area contributed by atoms with E-state index < -0.39 is 0 Å². The van der Waals surface area contributed by atoms with Gasteiger partial charge in [-0.1, -0.05) is 6.07 Å². The maximum atomic E-state index is 12.2. The van der Waals surface area contributed by atoms with Crippen molar-refractivity contribution in [2.75, 3.05) is 5.32 Å². The normalized spacial score (nSPS) is 10.9. The summed E-state index contributed by atoms with van der Waals surface area (Å²) in [7, 11) is 0. The van der Waals surface area contributed by atoms with Crippen LogP contribution in [0.1, 0.15) is 38.8 Å². The van der Waals surface area contributed by atoms with Crippen LogP contribution in [-0.4, -0.2) is 23.0 Å². The zero-order valence-corrected chi connectivity index (χ0v) is 12.2. The van der Waals surface area contributed by atoms with Gasteiger partial charge in [0.05, 0.1) is 0 Å². The van der Waals surface area contributed by atoms with Gasteiger partial charge in [0.2, 0.25) is 0 Å². The van der Waals surface area contributed by atoms with Gasteiger partial charge >= 0.3 is 6.03 Å². The number of amides is 2. The molecule has 1 aromatic carbocycles. The minimum absolute atomic E-state index is 0.0387. The Morgan fingerprint density at radius 1 is 1.06 bits per heavy atom. The Labute approximate surface area is 110 Å². The Kier molecular flexibility index (Phi) is 4.76. The van der Waals surface area contributed by atoms with Crippen LogP contribution in [0.25, 0.3) is 0 Å². The summed E-state index contributed by atoms with van der Waals surface area (Å²) < 4.78 is 0. The summed E-state index contributed by atoms with van der Waals surface area (Å²) in [6.45, 7) is 12.2. The van der Waals surface area contributed by atoms with Crippen molar-refractivity contribution >= 4 is 11.7 Å². The van der Waals surface area contributed by atoms with E-state index in [2.05, 4.69) is 12.2 Å². The van der Waals surface area contributed by atoms with Crippen LogP contribution < -0.4 is 5.32 Å². The number of nitrogens with zero attached hydrogens (tertiary/aromatic N) is 1. The second-order valence-corrected chi connectivity index (χ2v) is 5.32. The first kappa shape index (κ1) is 14.6. The minimum atomic E-state index is -0.0387. The third-order valence-corrected chi connectivity index (χ3v) is 3.11. The number of nitrogens with one attached hydrogen (secondary N) is 1. The van der Waals surface area contributed by atoms with E-state index in [0.29, 0.717) is 0 Å². The van der Waals surface area contributed by atoms with Crippen molar-refractivity contribution in [3.05, 3.63) is 29.3 Å². The van der Waals surface area contributed by atoms with E-state index in [0.717, 1.165) is 5.69 Å². The van der Waals surface area contributed by atoms with Crippen molar-refractivity contribution in [3.8, 4) is 0 Å². The second kappa shape index (κ2) is 5.89. The molecule has 0 radical (unpaired) electrons. The number of carbonyl (C=O) groups is 1. The lowest BCUT2D eigenvalue weighted by Crippen LogP contribution is -2.44. The van der Waals surface area contributed by atoms with E-state index >= 15 is 0 Å². The molecule has 0 saturated heterocycles. The molecule has 0 heterocycles. The number of carbonyl (C=O) groups excluding carboxylic acids is 1. The lowest BCUT2D eigenvalue weighted by atomic mass is 10.1. The molecule has 3 nitrogen and oxygen atoms in total. The lowest BCUT2D eigenvalue weighted by molar-refractivity contribution is 0.178. The molecule has 18 heavy (non-hydrogen) atoms. The number of urea groups is 1. The third-order valence-electron chi connectivity index (χ3n) is 3.11. The van der Waals surface area contributed by atoms with Crippen LogP contribution in [-0.2, 0) is 0 Å². The van der Waals surface area contributed by atoms with Crippen LogP contribution in [0.2, 0.25) is 0 Å². The summed E-state index contributed by atoms with van der Waals surface area (Å²) >= 11 is 0. The zero-order chi connectivity index (χ0) is 13.9. The molecule has 0 aliphatic heterocycles. The molecule has 0 aromatic heterocycles. The summed E-state index contributed by atoms with van der Waals surface area (Å²) in [6, 6.07) is 6.32. The van der Waals surface area contributed by atoms with Crippen molar-refractivity contribution in [2.45, 2.75) is 53.6 Å². The average molecular weight is 248 g/mol. The van der Waals surface area contributed by atoms with Crippen LogP contribution in [0.5, 0.6) is 0 Å². The van der Waals surface area contributed by atoms with Gasteiger partial charge in [-0.2, -0.15) is 0 Å². The predicted octanol–water partition coefficient (Wildman–Crippen LogP) is 3.95. The number of hydrogen-bond acceptors (Lipinski definition) is 1. The van der Waals surface area contributed by atoms with Gasteiger partial charge < -0.3 is 10.2 Å². The van der Waals surface area contributed by atoms with Gasteiger partial charge in [-0.25, -0.2) is 4.79 Å². The smallest absolute Gasteiger partial charge is 0.320 e. The third kappa shape index (κ3) is 3.49. The van der Waals surface area contributed by atoms with Crippen molar-refractivity contribution in [1.82, 2.24) is 4.90 Å². The summed E-state index contributed by atoms with van der Waals surface area (Å²) in [6.07, 6.45) is 0. The average Bonchev–Trinajstić information content (AvgIpc) is 2.22. The molecule has 0 spiro atoms. The van der Waals surface area contributed by atoms with Gasteiger partial charge in [0.15, 0.2) is 0 Å². The lowest BCUT2D eigenvalue weighted by Gasteiger charge is -2.30. The fourth-order valence-electron chi connectivity index (χ4n) is 2.07. The highest BCUT2D eigenvalue weighted by Crippen LogP contribution is 2.16. The fraction of sp³-hybridized carbons (Fsp3) is 0.533. The Hall–Kier alpha value is -1.51. The molecule has 0 bridgehead atoms. The quantitative estimate of drug-likeness (QED) is 0.863. The van der Waals surface area contributed by atoms with Gasteiger partial charge in [-0.05, 0) is 64.8 Å². The first-order valence-corrected chi connectivity index (χ1v) is 6.49. The van der Waals surface area contributed by atoms with Crippen molar-refractivity contribution in [1.29, 1.82) is 0 Å². The van der Waals surface area contributed by atoms with Gasteiger partial charge in [0, 0.05) is 17.8 Å². The number of benzene rings is 1. The van der Waals surface area contributed by atoms with Gasteiger partial charge in [-0.3, -0.25) is 0 Å². The summed E-state index contributed by atoms with van der Waals surface area (Å²) in [4.78, 5) is 14.0.